The number of nitrogens with zero attached hydrogens (tertiary/aromatic N) is 1. The number of fused-ring (bicyclic) bond motifs is 1. The third kappa shape index (κ3) is 3.38. The van der Waals surface area contributed by atoms with Crippen molar-refractivity contribution in [3.63, 3.8) is 0 Å². The lowest BCUT2D eigenvalue weighted by Crippen LogP contribution is -2.44. The number of thiophene rings is 1. The van der Waals surface area contributed by atoms with Crippen LogP contribution in [0.3, 0.4) is 0 Å². The van der Waals surface area contributed by atoms with Crippen LogP contribution in [0.4, 0.5) is 0 Å². The van der Waals surface area contributed by atoms with Gasteiger partial charge in [-0.25, -0.2) is 4.79 Å². The van der Waals surface area contributed by atoms with Gasteiger partial charge in [0.05, 0.1) is 16.7 Å². The smallest absolute Gasteiger partial charge is 0.329 e. The third-order valence-electron chi connectivity index (χ3n) is 4.96. The first kappa shape index (κ1) is 17.8. The second-order valence-electron chi connectivity index (χ2n) is 6.66. The first-order valence-corrected chi connectivity index (χ1v) is 9.35. The van der Waals surface area contributed by atoms with Gasteiger partial charge in [0, 0.05) is 4.88 Å². The van der Waals surface area contributed by atoms with E-state index in [1.807, 2.05) is 13.0 Å². The minimum atomic E-state index is -0.997. The zero-order valence-corrected chi connectivity index (χ0v) is 15.1. The van der Waals surface area contributed by atoms with Crippen molar-refractivity contribution in [2.45, 2.75) is 45.6 Å². The van der Waals surface area contributed by atoms with E-state index in [2.05, 4.69) is 0 Å². The molecule has 0 radical (unpaired) electrons. The summed E-state index contributed by atoms with van der Waals surface area (Å²) in [6.45, 7) is 2.99. The van der Waals surface area contributed by atoms with Gasteiger partial charge in [-0.15, -0.1) is 11.3 Å². The molecule has 0 N–H and O–H groups in total. The van der Waals surface area contributed by atoms with Crippen LogP contribution < -0.4 is 0 Å². The Hall–Kier alpha value is -2.02. The molecule has 0 aromatic carbocycles. The maximum Gasteiger partial charge on any atom is 0.329 e. The first-order valence-electron chi connectivity index (χ1n) is 8.53. The topological polar surface area (TPSA) is 80.8 Å². The zero-order chi connectivity index (χ0) is 18.1. The maximum absolute atomic E-state index is 12.5. The quantitative estimate of drug-likeness (QED) is 0.456. The molecule has 2 amide bonds. The molecule has 2 heterocycles. The van der Waals surface area contributed by atoms with Gasteiger partial charge in [-0.05, 0) is 38.8 Å². The number of rotatable bonds is 5. The number of imide groups is 1. The largest absolute Gasteiger partial charge is 0.456 e. The minimum Gasteiger partial charge on any atom is -0.456 e. The Labute approximate surface area is 150 Å². The van der Waals surface area contributed by atoms with Crippen molar-refractivity contribution in [3.8, 4) is 0 Å². The monoisotopic (exact) mass is 363 g/mol. The molecule has 0 spiro atoms. The zero-order valence-electron chi connectivity index (χ0n) is 14.3. The molecule has 7 heteroatoms. The molecule has 134 valence electrons. The van der Waals surface area contributed by atoms with Crippen molar-refractivity contribution < 1.29 is 23.9 Å². The SMILES string of the molecule is Cc1ccc(C(=O)COC(=O)[C@H](C)N2C(=O)[C@@H]3CCCC[C@H]3C2=O)s1. The van der Waals surface area contributed by atoms with E-state index in [0.29, 0.717) is 17.7 Å². The number of carbonyl (C=O) groups is 4. The summed E-state index contributed by atoms with van der Waals surface area (Å²) in [6, 6.07) is 2.52. The molecular formula is C18H21NO5S. The summed E-state index contributed by atoms with van der Waals surface area (Å²) in [4.78, 5) is 51.8. The summed E-state index contributed by atoms with van der Waals surface area (Å²) < 4.78 is 5.06. The number of hydrogen-bond donors (Lipinski definition) is 0. The fourth-order valence-corrected chi connectivity index (χ4v) is 4.38. The van der Waals surface area contributed by atoms with E-state index < -0.39 is 12.0 Å². The molecule has 25 heavy (non-hydrogen) atoms. The first-order chi connectivity index (χ1) is 11.9. The predicted molar refractivity (Wildman–Crippen MR) is 91.1 cm³/mol. The highest BCUT2D eigenvalue weighted by Crippen LogP contribution is 2.38. The molecule has 2 aliphatic rings. The van der Waals surface area contributed by atoms with E-state index in [-0.39, 0.29) is 36.0 Å². The van der Waals surface area contributed by atoms with Gasteiger partial charge < -0.3 is 4.74 Å². The van der Waals surface area contributed by atoms with Crippen LogP contribution in [0.5, 0.6) is 0 Å². The van der Waals surface area contributed by atoms with Crippen LogP contribution in [0, 0.1) is 18.8 Å². The average molecular weight is 363 g/mol. The molecule has 1 saturated heterocycles. The molecular weight excluding hydrogens is 342 g/mol. The van der Waals surface area contributed by atoms with Crippen LogP contribution in [0.2, 0.25) is 0 Å². The lowest BCUT2D eigenvalue weighted by atomic mass is 9.81. The summed E-state index contributed by atoms with van der Waals surface area (Å²) in [7, 11) is 0. The fourth-order valence-electron chi connectivity index (χ4n) is 3.59. The molecule has 1 aliphatic carbocycles. The summed E-state index contributed by atoms with van der Waals surface area (Å²) in [5, 5.41) is 0. The van der Waals surface area contributed by atoms with Crippen molar-refractivity contribution in [1.82, 2.24) is 4.90 Å². The van der Waals surface area contributed by atoms with Gasteiger partial charge in [0.1, 0.15) is 6.04 Å². The van der Waals surface area contributed by atoms with Crippen LogP contribution in [0.15, 0.2) is 12.1 Å². The van der Waals surface area contributed by atoms with Crippen LogP contribution in [0.25, 0.3) is 0 Å². The Morgan fingerprint density at radius 1 is 1.20 bits per heavy atom. The fraction of sp³-hybridized carbons (Fsp3) is 0.556. The van der Waals surface area contributed by atoms with Gasteiger partial charge in [0.2, 0.25) is 17.6 Å². The van der Waals surface area contributed by atoms with Crippen molar-refractivity contribution in [2.24, 2.45) is 11.8 Å². The number of ketones is 1. The Morgan fingerprint density at radius 3 is 2.32 bits per heavy atom. The molecule has 3 atom stereocenters. The Kier molecular flexibility index (Phi) is 5.03. The van der Waals surface area contributed by atoms with Gasteiger partial charge in [-0.3, -0.25) is 19.3 Å². The van der Waals surface area contributed by atoms with E-state index in [1.54, 1.807) is 6.07 Å². The summed E-state index contributed by atoms with van der Waals surface area (Å²) in [5.41, 5.74) is 0. The number of likely N-dealkylation sites (tertiary alicyclic amines) is 1. The molecule has 2 fully saturated rings. The van der Waals surface area contributed by atoms with Crippen molar-refractivity contribution in [3.05, 3.63) is 21.9 Å². The number of esters is 1. The highest BCUT2D eigenvalue weighted by atomic mass is 32.1. The predicted octanol–water partition coefficient (Wildman–Crippen LogP) is 2.35. The Morgan fingerprint density at radius 2 is 1.80 bits per heavy atom. The summed E-state index contributed by atoms with van der Waals surface area (Å²) in [6.07, 6.45) is 3.26. The van der Waals surface area contributed by atoms with Crippen molar-refractivity contribution >= 4 is 34.9 Å². The van der Waals surface area contributed by atoms with Gasteiger partial charge in [-0.2, -0.15) is 0 Å². The molecule has 3 rings (SSSR count). The van der Waals surface area contributed by atoms with E-state index in [1.165, 1.54) is 18.3 Å². The van der Waals surface area contributed by atoms with Gasteiger partial charge in [0.25, 0.3) is 0 Å². The maximum atomic E-state index is 12.5. The number of amides is 2. The van der Waals surface area contributed by atoms with Crippen molar-refractivity contribution in [2.75, 3.05) is 6.61 Å². The minimum absolute atomic E-state index is 0.278. The standard InChI is InChI=1S/C18H21NO5S/c1-10-7-8-15(25-10)14(20)9-24-18(23)11(2)19-16(21)12-5-3-4-6-13(12)17(19)22/h7-8,11-13H,3-6,9H2,1-2H3/t11-,12+,13+/m0/s1. The van der Waals surface area contributed by atoms with Gasteiger partial charge in [0.15, 0.2) is 6.61 Å². The van der Waals surface area contributed by atoms with Gasteiger partial charge in [-0.1, -0.05) is 12.8 Å². The Balaban J connectivity index is 1.61. The molecule has 1 aromatic rings. The second-order valence-corrected chi connectivity index (χ2v) is 7.95. The van der Waals surface area contributed by atoms with E-state index in [0.717, 1.165) is 22.6 Å². The summed E-state index contributed by atoms with van der Waals surface area (Å²) >= 11 is 1.34. The molecule has 6 nitrogen and oxygen atoms in total. The van der Waals surface area contributed by atoms with Crippen LogP contribution in [-0.4, -0.2) is 41.1 Å². The van der Waals surface area contributed by atoms with E-state index in [9.17, 15) is 19.2 Å². The highest BCUT2D eigenvalue weighted by Gasteiger charge is 2.51. The molecule has 0 bridgehead atoms. The summed E-state index contributed by atoms with van der Waals surface area (Å²) in [5.74, 6) is -2.16. The average Bonchev–Trinajstić information content (AvgIpc) is 3.15. The van der Waals surface area contributed by atoms with Gasteiger partial charge >= 0.3 is 5.97 Å². The lowest BCUT2D eigenvalue weighted by molar-refractivity contribution is -0.157. The highest BCUT2D eigenvalue weighted by molar-refractivity contribution is 7.14. The molecule has 1 saturated carbocycles. The molecule has 0 unspecified atom stereocenters. The van der Waals surface area contributed by atoms with Crippen molar-refractivity contribution in [1.29, 1.82) is 0 Å². The number of carbonyl (C=O) groups excluding carboxylic acids is 4. The number of Topliss-reactive ketones (excluding diaryl/α,β-unsaturated/α-hetero) is 1. The second kappa shape index (κ2) is 7.07. The van der Waals surface area contributed by atoms with Crippen LogP contribution in [0.1, 0.15) is 47.2 Å². The Bertz CT molecular complexity index is 701. The molecule has 1 aliphatic heterocycles. The number of hydrogen-bond acceptors (Lipinski definition) is 6. The third-order valence-corrected chi connectivity index (χ3v) is 6.01. The number of aryl methyl sites for hydroxylation is 1. The number of ether oxygens (including phenoxy) is 1. The van der Waals surface area contributed by atoms with E-state index >= 15 is 0 Å². The van der Waals surface area contributed by atoms with Crippen LogP contribution in [-0.2, 0) is 19.1 Å². The van der Waals surface area contributed by atoms with Crippen LogP contribution >= 0.6 is 11.3 Å². The molecule has 1 aromatic heterocycles. The normalized spacial score (nSPS) is 24.2. The van der Waals surface area contributed by atoms with E-state index in [4.69, 9.17) is 4.74 Å². The lowest BCUT2D eigenvalue weighted by Gasteiger charge is -2.21.